The number of thiocarbonyl (C=S) groups is 1. The Hall–Kier alpha value is -0.910. The van der Waals surface area contributed by atoms with E-state index in [1.54, 1.807) is 23.1 Å². The van der Waals surface area contributed by atoms with Gasteiger partial charge in [-0.3, -0.25) is 0 Å². The van der Waals surface area contributed by atoms with Gasteiger partial charge in [0.1, 0.15) is 10.00 Å². The fourth-order valence-corrected chi connectivity index (χ4v) is 4.05. The average Bonchev–Trinajstić information content (AvgIpc) is 3.17. The molecule has 1 aromatic carbocycles. The molecule has 1 saturated carbocycles. The molecule has 98 valence electrons. The zero-order valence-corrected chi connectivity index (χ0v) is 12.8. The number of aromatic nitrogens is 1. The summed E-state index contributed by atoms with van der Waals surface area (Å²) in [6.07, 6.45) is 2.45. The number of hydrogen-bond donors (Lipinski definition) is 1. The number of thiazole rings is 1. The standard InChI is InChI=1S/C14H14N2S3/c15-14(17)13-12(9-6-7-9)16-11(19-13)8-18-10-4-2-1-3-5-10/h1-5,9H,6-8H2,(H2,15,17). The van der Waals surface area contributed by atoms with Gasteiger partial charge < -0.3 is 5.73 Å². The van der Waals surface area contributed by atoms with Gasteiger partial charge in [-0.2, -0.15) is 0 Å². The lowest BCUT2D eigenvalue weighted by Crippen LogP contribution is -2.09. The molecular formula is C14H14N2S3. The predicted molar refractivity (Wildman–Crippen MR) is 86.0 cm³/mol. The third-order valence-corrected chi connectivity index (χ3v) is 5.63. The molecule has 1 heterocycles. The normalized spacial score (nSPS) is 14.5. The van der Waals surface area contributed by atoms with Gasteiger partial charge in [-0.15, -0.1) is 23.1 Å². The average molecular weight is 306 g/mol. The summed E-state index contributed by atoms with van der Waals surface area (Å²) in [7, 11) is 0. The van der Waals surface area contributed by atoms with Crippen molar-refractivity contribution < 1.29 is 0 Å². The summed E-state index contributed by atoms with van der Waals surface area (Å²) >= 11 is 8.59. The van der Waals surface area contributed by atoms with E-state index in [2.05, 4.69) is 24.3 Å². The molecule has 1 aromatic heterocycles. The van der Waals surface area contributed by atoms with Crippen LogP contribution in [0, 0.1) is 0 Å². The van der Waals surface area contributed by atoms with E-state index in [-0.39, 0.29) is 0 Å². The Balaban J connectivity index is 1.74. The molecule has 0 unspecified atom stereocenters. The second kappa shape index (κ2) is 5.61. The summed E-state index contributed by atoms with van der Waals surface area (Å²) in [5, 5.41) is 1.12. The molecule has 0 bridgehead atoms. The molecule has 0 aliphatic heterocycles. The fourth-order valence-electron chi connectivity index (χ4n) is 1.91. The van der Waals surface area contributed by atoms with Crippen LogP contribution in [-0.2, 0) is 5.75 Å². The minimum atomic E-state index is 0.496. The van der Waals surface area contributed by atoms with Crippen LogP contribution in [0.25, 0.3) is 0 Å². The van der Waals surface area contributed by atoms with Gasteiger partial charge in [0.2, 0.25) is 0 Å². The molecule has 2 N–H and O–H groups in total. The summed E-state index contributed by atoms with van der Waals surface area (Å²) in [6.45, 7) is 0. The zero-order chi connectivity index (χ0) is 13.2. The number of nitrogens with zero attached hydrogens (tertiary/aromatic N) is 1. The van der Waals surface area contributed by atoms with Crippen molar-refractivity contribution in [3.8, 4) is 0 Å². The highest BCUT2D eigenvalue weighted by Gasteiger charge is 2.30. The van der Waals surface area contributed by atoms with Gasteiger partial charge >= 0.3 is 0 Å². The third kappa shape index (κ3) is 3.16. The molecule has 0 amide bonds. The van der Waals surface area contributed by atoms with E-state index in [0.717, 1.165) is 21.3 Å². The van der Waals surface area contributed by atoms with Crippen LogP contribution < -0.4 is 5.73 Å². The first-order valence-corrected chi connectivity index (χ1v) is 8.42. The predicted octanol–water partition coefficient (Wildman–Crippen LogP) is 3.95. The Morgan fingerprint density at radius 3 is 2.74 bits per heavy atom. The van der Waals surface area contributed by atoms with E-state index in [0.29, 0.717) is 10.9 Å². The van der Waals surface area contributed by atoms with Crippen LogP contribution in [0.15, 0.2) is 35.2 Å². The second-order valence-corrected chi connectivity index (χ2v) is 7.13. The fraction of sp³-hybridized carbons (Fsp3) is 0.286. The van der Waals surface area contributed by atoms with Crippen LogP contribution in [0.3, 0.4) is 0 Å². The monoisotopic (exact) mass is 306 g/mol. The topological polar surface area (TPSA) is 38.9 Å². The lowest BCUT2D eigenvalue weighted by molar-refractivity contribution is 1.02. The van der Waals surface area contributed by atoms with Gasteiger partial charge in [-0.25, -0.2) is 4.98 Å². The molecule has 0 atom stereocenters. The van der Waals surface area contributed by atoms with Crippen LogP contribution in [0.2, 0.25) is 0 Å². The molecule has 3 rings (SSSR count). The summed E-state index contributed by atoms with van der Waals surface area (Å²) in [6, 6.07) is 10.4. The van der Waals surface area contributed by atoms with Crippen LogP contribution in [0.1, 0.15) is 34.3 Å². The molecule has 19 heavy (non-hydrogen) atoms. The molecule has 2 aromatic rings. The van der Waals surface area contributed by atoms with Crippen molar-refractivity contribution in [3.05, 3.63) is 45.9 Å². The van der Waals surface area contributed by atoms with Crippen molar-refractivity contribution in [2.45, 2.75) is 29.4 Å². The quantitative estimate of drug-likeness (QED) is 0.670. The highest BCUT2D eigenvalue weighted by molar-refractivity contribution is 7.98. The van der Waals surface area contributed by atoms with Gasteiger partial charge in [-0.05, 0) is 25.0 Å². The minimum Gasteiger partial charge on any atom is -0.389 e. The maximum atomic E-state index is 5.80. The lowest BCUT2D eigenvalue weighted by atomic mass is 10.2. The maximum absolute atomic E-state index is 5.80. The molecule has 0 spiro atoms. The van der Waals surface area contributed by atoms with Gasteiger partial charge in [0, 0.05) is 10.8 Å². The minimum absolute atomic E-state index is 0.496. The third-order valence-electron chi connectivity index (χ3n) is 2.99. The van der Waals surface area contributed by atoms with Gasteiger partial charge in [0.25, 0.3) is 0 Å². The molecule has 1 aliphatic carbocycles. The number of rotatable bonds is 5. The van der Waals surface area contributed by atoms with E-state index < -0.39 is 0 Å². The van der Waals surface area contributed by atoms with Crippen molar-refractivity contribution in [1.82, 2.24) is 4.98 Å². The van der Waals surface area contributed by atoms with Crippen LogP contribution in [-0.4, -0.2) is 9.97 Å². The Labute approximate surface area is 126 Å². The largest absolute Gasteiger partial charge is 0.389 e. The summed E-state index contributed by atoms with van der Waals surface area (Å²) in [5.74, 6) is 1.49. The highest BCUT2D eigenvalue weighted by Crippen LogP contribution is 2.43. The van der Waals surface area contributed by atoms with Crippen LogP contribution >= 0.6 is 35.3 Å². The van der Waals surface area contributed by atoms with Crippen molar-refractivity contribution in [2.24, 2.45) is 5.73 Å². The first-order chi connectivity index (χ1) is 9.24. The van der Waals surface area contributed by atoms with E-state index in [1.165, 1.54) is 17.7 Å². The van der Waals surface area contributed by atoms with E-state index in [9.17, 15) is 0 Å². The van der Waals surface area contributed by atoms with Crippen molar-refractivity contribution in [1.29, 1.82) is 0 Å². The molecule has 1 fully saturated rings. The van der Waals surface area contributed by atoms with E-state index in [1.807, 2.05) is 6.07 Å². The van der Waals surface area contributed by atoms with Crippen LogP contribution in [0.5, 0.6) is 0 Å². The van der Waals surface area contributed by atoms with Crippen molar-refractivity contribution in [2.75, 3.05) is 0 Å². The van der Waals surface area contributed by atoms with E-state index >= 15 is 0 Å². The molecule has 1 aliphatic rings. The van der Waals surface area contributed by atoms with Crippen molar-refractivity contribution >= 4 is 40.3 Å². The lowest BCUT2D eigenvalue weighted by Gasteiger charge is -1.97. The molecule has 0 radical (unpaired) electrons. The first kappa shape index (κ1) is 13.1. The number of nitrogens with two attached hydrogens (primary N) is 1. The highest BCUT2D eigenvalue weighted by atomic mass is 32.2. The second-order valence-electron chi connectivity index (χ2n) is 4.56. The van der Waals surface area contributed by atoms with Gasteiger partial charge in [-0.1, -0.05) is 30.4 Å². The summed E-state index contributed by atoms with van der Waals surface area (Å²) < 4.78 is 0. The molecular weight excluding hydrogens is 292 g/mol. The van der Waals surface area contributed by atoms with E-state index in [4.69, 9.17) is 22.9 Å². The first-order valence-electron chi connectivity index (χ1n) is 6.21. The van der Waals surface area contributed by atoms with Crippen LogP contribution in [0.4, 0.5) is 0 Å². The smallest absolute Gasteiger partial charge is 0.116 e. The Morgan fingerprint density at radius 1 is 1.37 bits per heavy atom. The summed E-state index contributed by atoms with van der Waals surface area (Å²) in [5.41, 5.74) is 6.94. The SMILES string of the molecule is NC(=S)c1sc(CSc2ccccc2)nc1C1CC1. The number of benzene rings is 1. The van der Waals surface area contributed by atoms with Gasteiger partial charge in [0.15, 0.2) is 0 Å². The Bertz CT molecular complexity index is 588. The van der Waals surface area contributed by atoms with Gasteiger partial charge in [0.05, 0.1) is 16.3 Å². The zero-order valence-electron chi connectivity index (χ0n) is 10.3. The number of thioether (sulfide) groups is 1. The maximum Gasteiger partial charge on any atom is 0.116 e. The van der Waals surface area contributed by atoms with Crippen molar-refractivity contribution in [3.63, 3.8) is 0 Å². The summed E-state index contributed by atoms with van der Waals surface area (Å²) in [4.78, 5) is 7.53. The Morgan fingerprint density at radius 2 is 2.11 bits per heavy atom. The molecule has 5 heteroatoms. The molecule has 0 saturated heterocycles. The number of hydrogen-bond acceptors (Lipinski definition) is 4. The Kier molecular flexibility index (Phi) is 3.86. The molecule has 2 nitrogen and oxygen atoms in total.